The van der Waals surface area contributed by atoms with Gasteiger partial charge in [0, 0.05) is 11.4 Å². The van der Waals surface area contributed by atoms with E-state index in [9.17, 15) is 47.4 Å². The molecule has 1 aliphatic rings. The van der Waals surface area contributed by atoms with E-state index in [1.807, 2.05) is 60.7 Å². The molecule has 6 rings (SSSR count). The minimum atomic E-state index is -5.29. The van der Waals surface area contributed by atoms with Crippen LogP contribution in [0.2, 0.25) is 0 Å². The number of aliphatic hydroxyl groups is 2. The first-order valence-corrected chi connectivity index (χ1v) is 24.5. The second kappa shape index (κ2) is 22.3. The number of oxime groups is 1. The zero-order valence-corrected chi connectivity index (χ0v) is 42.5. The topological polar surface area (TPSA) is 323 Å². The Hall–Kier alpha value is -7.75. The third-order valence-electron chi connectivity index (χ3n) is 9.72. The molecule has 27 heteroatoms. The number of thiazole rings is 1. The van der Waals surface area contributed by atoms with Crippen LogP contribution in [0, 0.1) is 0 Å². The van der Waals surface area contributed by atoms with Crippen LogP contribution in [-0.2, 0) is 58.7 Å². The monoisotopic (exact) mass is 1050 g/mol. The van der Waals surface area contributed by atoms with Crippen molar-refractivity contribution in [1.29, 1.82) is 0 Å². The second-order valence-corrected chi connectivity index (χ2v) is 20.9. The molecule has 0 radical (unpaired) electrons. The molecule has 5 N–H and O–H groups in total. The lowest BCUT2D eigenvalue weighted by atomic mass is 10.1. The Balaban J connectivity index is 1.21. The van der Waals surface area contributed by atoms with E-state index in [2.05, 4.69) is 30.9 Å². The summed E-state index contributed by atoms with van der Waals surface area (Å²) in [6, 6.07) is 16.6. The molecular formula is C46H54N10O15S2. The predicted octanol–water partition coefficient (Wildman–Crippen LogP) is 3.09. The molecule has 25 nitrogen and oxygen atoms in total. The van der Waals surface area contributed by atoms with Crippen molar-refractivity contribution < 1.29 is 66.4 Å². The van der Waals surface area contributed by atoms with Crippen LogP contribution in [0.15, 0.2) is 88.3 Å². The van der Waals surface area contributed by atoms with E-state index >= 15 is 0 Å². The summed E-state index contributed by atoms with van der Waals surface area (Å²) in [5, 5.41) is 34.0. The average molecular weight is 1050 g/mol. The van der Waals surface area contributed by atoms with Gasteiger partial charge in [-0.1, -0.05) is 69.9 Å². The minimum Gasteiger partial charge on any atom is -0.485 e. The quantitative estimate of drug-likeness (QED) is 0.0343. The number of nitrogens with one attached hydrogen (secondary N) is 3. The number of urea groups is 1. The molecule has 3 aromatic heterocycles. The number of likely N-dealkylation sites (tertiary alicyclic amines) is 1. The summed E-state index contributed by atoms with van der Waals surface area (Å²) in [5.41, 5.74) is -4.26. The maximum absolute atomic E-state index is 13.8. The molecule has 73 heavy (non-hydrogen) atoms. The molecule has 0 aliphatic carbocycles. The van der Waals surface area contributed by atoms with E-state index in [0.29, 0.717) is 9.47 Å². The van der Waals surface area contributed by atoms with Gasteiger partial charge in [0.05, 0.1) is 32.0 Å². The molecule has 5 amide bonds. The first-order valence-electron chi connectivity index (χ1n) is 22.2. The van der Waals surface area contributed by atoms with E-state index in [1.54, 1.807) is 46.3 Å². The largest absolute Gasteiger partial charge is 0.485 e. The predicted molar refractivity (Wildman–Crippen MR) is 260 cm³/mol. The highest BCUT2D eigenvalue weighted by atomic mass is 32.2. The van der Waals surface area contributed by atoms with Crippen molar-refractivity contribution in [2.24, 2.45) is 5.16 Å². The molecule has 0 saturated carbocycles. The third-order valence-corrected chi connectivity index (χ3v) is 11.6. The Bertz CT molecular complexity index is 3040. The third kappa shape index (κ3) is 14.5. The number of amides is 5. The van der Waals surface area contributed by atoms with Crippen molar-refractivity contribution >= 4 is 62.3 Å². The lowest BCUT2D eigenvalue weighted by molar-refractivity contribution is -0.179. The van der Waals surface area contributed by atoms with Crippen molar-refractivity contribution in [3.05, 3.63) is 106 Å². The normalized spacial score (nSPS) is 14.6. The molecule has 4 heterocycles. The molecule has 1 fully saturated rings. The molecule has 0 bridgehead atoms. The minimum absolute atomic E-state index is 0.0310. The lowest BCUT2D eigenvalue weighted by Gasteiger charge is -2.36. The summed E-state index contributed by atoms with van der Waals surface area (Å²) in [6.45, 7) is 10.5. The van der Waals surface area contributed by atoms with Crippen LogP contribution < -0.4 is 30.5 Å². The summed E-state index contributed by atoms with van der Waals surface area (Å²) < 4.78 is 52.5. The Kier molecular flexibility index (Phi) is 16.7. The number of aromatic nitrogens is 5. The number of nitrogens with zero attached hydrogens (tertiary/aromatic N) is 7. The van der Waals surface area contributed by atoms with E-state index in [-0.39, 0.29) is 45.3 Å². The summed E-state index contributed by atoms with van der Waals surface area (Å²) in [5.74, 6) is -3.22. The van der Waals surface area contributed by atoms with E-state index in [1.165, 1.54) is 31.5 Å². The molecule has 5 aromatic rings. The van der Waals surface area contributed by atoms with Crippen LogP contribution >= 0.6 is 11.3 Å². The smallest absolute Gasteiger partial charge is 0.413 e. The summed E-state index contributed by atoms with van der Waals surface area (Å²) in [4.78, 5) is 94.2. The zero-order chi connectivity index (χ0) is 53.5. The van der Waals surface area contributed by atoms with Crippen LogP contribution in [-0.4, -0.2) is 125 Å². The molecule has 1 saturated heterocycles. The van der Waals surface area contributed by atoms with Crippen molar-refractivity contribution in [2.75, 3.05) is 18.5 Å². The average Bonchev–Trinajstić information content (AvgIpc) is 3.91. The number of pyridine rings is 1. The summed E-state index contributed by atoms with van der Waals surface area (Å²) in [6.07, 6.45) is -1.19. The zero-order valence-electron chi connectivity index (χ0n) is 40.8. The lowest BCUT2D eigenvalue weighted by Crippen LogP contribution is -2.68. The van der Waals surface area contributed by atoms with E-state index in [0.717, 1.165) is 22.5 Å². The van der Waals surface area contributed by atoms with Crippen LogP contribution in [0.1, 0.15) is 72.2 Å². The first kappa shape index (κ1) is 54.6. The number of hydrogen-bond acceptors (Lipinski definition) is 20. The molecule has 390 valence electrons. The molecule has 0 spiro atoms. The van der Waals surface area contributed by atoms with Gasteiger partial charge in [-0.2, -0.15) is 8.42 Å². The van der Waals surface area contributed by atoms with Gasteiger partial charge in [-0.25, -0.2) is 33.9 Å². The van der Waals surface area contributed by atoms with Crippen molar-refractivity contribution in [3.8, 4) is 23.0 Å². The van der Waals surface area contributed by atoms with Crippen molar-refractivity contribution in [1.82, 2.24) is 38.7 Å². The van der Waals surface area contributed by atoms with Crippen LogP contribution in [0.4, 0.5) is 14.7 Å². The maximum atomic E-state index is 13.8. The highest BCUT2D eigenvalue weighted by molar-refractivity contribution is 7.88. The standard InChI is InChI=1S/C46H54N10O15S2/c1-44(2,3)69-39(61)46(7,8)71-52-35(32-26-72-40(49-32)50-42(63)70-45(4,5)6)37(59)48-31-22-55(38(31)60)41(62)53-73(65,66)56-43(64)54(21-29(58)23-57)36(51-56)30-19-33(67-24-27-15-11-9-12-16-27)34(20-47-30)68-25-28-17-13-10-14-18-28/h9-20,26,29,31,57-58H,21-25H2,1-8H3,(H,48,59)(H,53,62)(H,49,50,63)/b52-35-/t29-,31-/m0/s1. The Morgan fingerprint density at radius 3 is 2.07 bits per heavy atom. The van der Waals surface area contributed by atoms with Crippen LogP contribution in [0.3, 0.4) is 0 Å². The number of β-lactam (4-membered cyclic amide) rings is 1. The van der Waals surface area contributed by atoms with Crippen LogP contribution in [0.25, 0.3) is 11.5 Å². The van der Waals surface area contributed by atoms with Gasteiger partial charge in [-0.3, -0.25) is 24.4 Å². The van der Waals surface area contributed by atoms with Gasteiger partial charge in [0.2, 0.25) is 5.60 Å². The molecule has 1 aliphatic heterocycles. The molecular weight excluding hydrogens is 997 g/mol. The highest BCUT2D eigenvalue weighted by Gasteiger charge is 2.44. The number of aliphatic hydroxyl groups excluding tert-OH is 2. The fourth-order valence-corrected chi connectivity index (χ4v) is 7.77. The molecule has 2 aromatic carbocycles. The number of carbonyl (C=O) groups excluding carboxylic acids is 5. The molecule has 0 unspecified atom stereocenters. The number of imide groups is 1. The van der Waals surface area contributed by atoms with Gasteiger partial charge in [0.15, 0.2) is 28.2 Å². The Morgan fingerprint density at radius 2 is 1.49 bits per heavy atom. The number of rotatable bonds is 19. The van der Waals surface area contributed by atoms with Crippen molar-refractivity contribution in [3.63, 3.8) is 0 Å². The number of hydrogen-bond donors (Lipinski definition) is 5. The van der Waals surface area contributed by atoms with Gasteiger partial charge in [0.25, 0.3) is 11.8 Å². The Labute approximate surface area is 422 Å². The van der Waals surface area contributed by atoms with Gasteiger partial charge in [0.1, 0.15) is 41.8 Å². The summed E-state index contributed by atoms with van der Waals surface area (Å²) >= 11 is 0.868. The van der Waals surface area contributed by atoms with Crippen LogP contribution in [0.5, 0.6) is 11.5 Å². The van der Waals surface area contributed by atoms with Gasteiger partial charge >= 0.3 is 34.0 Å². The number of carbonyl (C=O) groups is 5. The van der Waals surface area contributed by atoms with Crippen molar-refractivity contribution in [2.45, 2.75) is 104 Å². The van der Waals surface area contributed by atoms with E-state index in [4.69, 9.17) is 23.8 Å². The van der Waals surface area contributed by atoms with E-state index < -0.39 is 106 Å². The van der Waals surface area contributed by atoms with Gasteiger partial charge in [-0.15, -0.1) is 16.4 Å². The van der Waals surface area contributed by atoms with Gasteiger partial charge < -0.3 is 39.3 Å². The van der Waals surface area contributed by atoms with Gasteiger partial charge in [-0.05, 0) is 66.5 Å². The molecule has 2 atom stereocenters. The fraction of sp³-hybridized carbons (Fsp3) is 0.391. The Morgan fingerprint density at radius 1 is 0.890 bits per heavy atom. The first-order chi connectivity index (χ1) is 34.2. The summed E-state index contributed by atoms with van der Waals surface area (Å²) in [7, 11) is -5.29. The number of anilines is 1. The maximum Gasteiger partial charge on any atom is 0.413 e. The second-order valence-electron chi connectivity index (χ2n) is 18.6. The highest BCUT2D eigenvalue weighted by Crippen LogP contribution is 2.32. The number of ether oxygens (including phenoxy) is 4. The number of esters is 1. The number of benzene rings is 2. The fourth-order valence-electron chi connectivity index (χ4n) is 6.18. The SMILES string of the molecule is CC(C)(C)OC(=O)Nc1nc(/C(=N/OC(C)(C)C(=O)OC(C)(C)C)C(=O)N[C@H]2CN(C(=O)NS(=O)(=O)n3nc(-c4cc(OCc5ccccc5)c(OCc5ccccc5)cn4)n(C[C@H](O)CO)c3=O)C2=O)cs1.